The zero-order valence-electron chi connectivity index (χ0n) is 7.25. The number of carboxylic acids is 1. The molecule has 0 unspecified atom stereocenters. The quantitative estimate of drug-likeness (QED) is 0.799. The predicted octanol–water partition coefficient (Wildman–Crippen LogP) is 2.92. The number of anilines is 1. The smallest absolute Gasteiger partial charge is 0.344 e. The molecule has 0 bridgehead atoms. The van der Waals surface area contributed by atoms with Crippen LogP contribution in [-0.2, 0) is 4.79 Å². The number of thioether (sulfide) groups is 1. The fraction of sp³-hybridized carbons (Fsp3) is 0. The van der Waals surface area contributed by atoms with Crippen LogP contribution < -0.4 is 5.32 Å². The van der Waals surface area contributed by atoms with E-state index in [1.165, 1.54) is 18.3 Å². The van der Waals surface area contributed by atoms with E-state index < -0.39 is 11.8 Å². The third-order valence-corrected chi connectivity index (χ3v) is 3.17. The van der Waals surface area contributed by atoms with Crippen LogP contribution in [0.2, 0.25) is 5.02 Å². The van der Waals surface area contributed by atoms with Gasteiger partial charge in [0, 0.05) is 11.1 Å². The molecule has 0 amide bonds. The highest BCUT2D eigenvalue weighted by Crippen LogP contribution is 2.39. The number of benzene rings is 1. The Balaban J connectivity index is 2.40. The van der Waals surface area contributed by atoms with Gasteiger partial charge >= 0.3 is 5.97 Å². The topological polar surface area (TPSA) is 49.3 Å². The van der Waals surface area contributed by atoms with Crippen molar-refractivity contribution in [3.05, 3.63) is 34.1 Å². The molecule has 0 radical (unpaired) electrons. The molecule has 15 heavy (non-hydrogen) atoms. The highest BCUT2D eigenvalue weighted by Gasteiger charge is 2.18. The predicted molar refractivity (Wildman–Crippen MR) is 56.6 cm³/mol. The lowest BCUT2D eigenvalue weighted by molar-refractivity contribution is -0.131. The lowest BCUT2D eigenvalue weighted by Crippen LogP contribution is -2.05. The first-order valence-electron chi connectivity index (χ1n) is 3.95. The molecule has 1 heterocycles. The van der Waals surface area contributed by atoms with Crippen LogP contribution in [0.4, 0.5) is 10.1 Å². The number of halogens is 2. The molecule has 1 aliphatic rings. The summed E-state index contributed by atoms with van der Waals surface area (Å²) in [6.07, 6.45) is 1.35. The number of hydrogen-bond acceptors (Lipinski definition) is 3. The summed E-state index contributed by atoms with van der Waals surface area (Å²) in [4.78, 5) is 11.3. The molecule has 2 N–H and O–H groups in total. The minimum atomic E-state index is -1.05. The lowest BCUT2D eigenvalue weighted by atomic mass is 10.3. The van der Waals surface area contributed by atoms with Crippen LogP contribution in [0.15, 0.2) is 28.1 Å². The summed E-state index contributed by atoms with van der Waals surface area (Å²) >= 11 is 6.57. The number of hydrogen-bond donors (Lipinski definition) is 2. The number of fused-ring (bicyclic) bond motifs is 1. The van der Waals surface area contributed by atoms with Crippen LogP contribution in [-0.4, -0.2) is 11.1 Å². The average molecular weight is 246 g/mol. The Morgan fingerprint density at radius 3 is 2.93 bits per heavy atom. The molecule has 78 valence electrons. The maximum atomic E-state index is 13.1. The van der Waals surface area contributed by atoms with E-state index in [0.717, 1.165) is 11.8 Å². The van der Waals surface area contributed by atoms with Gasteiger partial charge in [-0.15, -0.1) is 0 Å². The summed E-state index contributed by atoms with van der Waals surface area (Å²) in [7, 11) is 0. The Kier molecular flexibility index (Phi) is 2.58. The van der Waals surface area contributed by atoms with Gasteiger partial charge < -0.3 is 10.4 Å². The number of aliphatic carboxylic acids is 1. The van der Waals surface area contributed by atoms with Crippen molar-refractivity contribution >= 4 is 35.0 Å². The van der Waals surface area contributed by atoms with E-state index in [2.05, 4.69) is 5.32 Å². The highest BCUT2D eigenvalue weighted by atomic mass is 35.5. The van der Waals surface area contributed by atoms with Gasteiger partial charge in [-0.3, -0.25) is 0 Å². The fourth-order valence-electron chi connectivity index (χ4n) is 1.12. The molecular formula is C9H5ClFNO2S. The first-order valence-corrected chi connectivity index (χ1v) is 5.14. The van der Waals surface area contributed by atoms with Gasteiger partial charge in [0.2, 0.25) is 0 Å². The largest absolute Gasteiger partial charge is 0.477 e. The molecular weight excluding hydrogens is 241 g/mol. The molecule has 0 aromatic heterocycles. The van der Waals surface area contributed by atoms with Gasteiger partial charge in [-0.1, -0.05) is 23.4 Å². The monoisotopic (exact) mass is 245 g/mol. The van der Waals surface area contributed by atoms with Gasteiger partial charge in [-0.25, -0.2) is 9.18 Å². The molecule has 1 aliphatic heterocycles. The third kappa shape index (κ3) is 1.93. The summed E-state index contributed by atoms with van der Waals surface area (Å²) in [5, 5.41) is 11.5. The Bertz CT molecular complexity index is 475. The first-order chi connectivity index (χ1) is 7.08. The Morgan fingerprint density at radius 2 is 2.27 bits per heavy atom. The van der Waals surface area contributed by atoms with Crippen LogP contribution in [0.5, 0.6) is 0 Å². The minimum Gasteiger partial charge on any atom is -0.477 e. The van der Waals surface area contributed by atoms with Crippen molar-refractivity contribution in [1.29, 1.82) is 0 Å². The second kappa shape index (κ2) is 3.75. The summed E-state index contributed by atoms with van der Waals surface area (Å²) < 4.78 is 13.1. The zero-order valence-corrected chi connectivity index (χ0v) is 8.82. The van der Waals surface area contributed by atoms with Crippen LogP contribution in [0, 0.1) is 5.82 Å². The maximum Gasteiger partial charge on any atom is 0.344 e. The molecule has 0 spiro atoms. The van der Waals surface area contributed by atoms with E-state index in [-0.39, 0.29) is 9.93 Å². The number of carboxylic acid groups (broad SMARTS) is 1. The summed E-state index contributed by atoms with van der Waals surface area (Å²) in [6, 6.07) is 2.64. The number of carbonyl (C=O) groups is 1. The van der Waals surface area contributed by atoms with Crippen molar-refractivity contribution in [2.75, 3.05) is 5.32 Å². The number of nitrogens with one attached hydrogen (secondary N) is 1. The van der Waals surface area contributed by atoms with Crippen molar-refractivity contribution in [2.45, 2.75) is 4.90 Å². The fourth-order valence-corrected chi connectivity index (χ4v) is 2.12. The highest BCUT2D eigenvalue weighted by molar-refractivity contribution is 8.04. The van der Waals surface area contributed by atoms with Crippen LogP contribution in [0.1, 0.15) is 0 Å². The lowest BCUT2D eigenvalue weighted by Gasteiger charge is -2.15. The van der Waals surface area contributed by atoms with Gasteiger partial charge in [0.15, 0.2) is 0 Å². The molecule has 6 heteroatoms. The zero-order chi connectivity index (χ0) is 11.0. The van der Waals surface area contributed by atoms with Gasteiger partial charge in [0.25, 0.3) is 0 Å². The van der Waals surface area contributed by atoms with Crippen LogP contribution in [0.3, 0.4) is 0 Å². The second-order valence-corrected chi connectivity index (χ2v) is 4.31. The van der Waals surface area contributed by atoms with Crippen molar-refractivity contribution in [3.63, 3.8) is 0 Å². The Hall–Kier alpha value is -1.20. The van der Waals surface area contributed by atoms with E-state index in [9.17, 15) is 9.18 Å². The normalized spacial score (nSPS) is 13.9. The molecule has 2 rings (SSSR count). The molecule has 0 atom stereocenters. The van der Waals surface area contributed by atoms with Crippen molar-refractivity contribution in [1.82, 2.24) is 0 Å². The second-order valence-electron chi connectivity index (χ2n) is 2.82. The van der Waals surface area contributed by atoms with Crippen molar-refractivity contribution in [2.24, 2.45) is 0 Å². The SMILES string of the molecule is O=C(O)C1=CNc2cc(Cl)c(F)cc2S1. The van der Waals surface area contributed by atoms with Crippen LogP contribution in [0.25, 0.3) is 0 Å². The standard InChI is InChI=1S/C9H5ClFNO2S/c10-4-1-6-7(2-5(4)11)15-8(3-12-6)9(13)14/h1-3,12H,(H,13,14). The van der Waals surface area contributed by atoms with Gasteiger partial charge in [-0.05, 0) is 12.1 Å². The third-order valence-electron chi connectivity index (χ3n) is 1.81. The van der Waals surface area contributed by atoms with E-state index >= 15 is 0 Å². The molecule has 0 aliphatic carbocycles. The van der Waals surface area contributed by atoms with E-state index in [1.807, 2.05) is 0 Å². The van der Waals surface area contributed by atoms with E-state index in [4.69, 9.17) is 16.7 Å². The molecule has 1 aromatic carbocycles. The molecule has 0 saturated heterocycles. The summed E-state index contributed by atoms with van der Waals surface area (Å²) in [5.74, 6) is -1.61. The average Bonchev–Trinajstić information content (AvgIpc) is 2.19. The Labute approximate surface area is 93.9 Å². The molecule has 0 fully saturated rings. The van der Waals surface area contributed by atoms with Crippen LogP contribution >= 0.6 is 23.4 Å². The molecule has 3 nitrogen and oxygen atoms in total. The Morgan fingerprint density at radius 1 is 1.53 bits per heavy atom. The molecule has 0 saturated carbocycles. The van der Waals surface area contributed by atoms with Crippen molar-refractivity contribution < 1.29 is 14.3 Å². The minimum absolute atomic E-state index is 0.00836. The first kappa shape index (κ1) is 10.3. The maximum absolute atomic E-state index is 13.1. The number of rotatable bonds is 1. The van der Waals surface area contributed by atoms with E-state index in [0.29, 0.717) is 10.6 Å². The summed E-state index contributed by atoms with van der Waals surface area (Å²) in [5.41, 5.74) is 0.608. The molecule has 1 aromatic rings. The van der Waals surface area contributed by atoms with Gasteiger partial charge in [0.1, 0.15) is 10.7 Å². The van der Waals surface area contributed by atoms with Crippen molar-refractivity contribution in [3.8, 4) is 0 Å². The van der Waals surface area contributed by atoms with Gasteiger partial charge in [-0.2, -0.15) is 0 Å². The van der Waals surface area contributed by atoms with E-state index in [1.54, 1.807) is 0 Å². The summed E-state index contributed by atoms with van der Waals surface area (Å²) in [6.45, 7) is 0. The van der Waals surface area contributed by atoms with Gasteiger partial charge in [0.05, 0.1) is 10.7 Å².